The van der Waals surface area contributed by atoms with Gasteiger partial charge in [-0.3, -0.25) is 4.90 Å². The largest absolute Gasteiger partial charge is 0.405 e. The van der Waals surface area contributed by atoms with E-state index in [4.69, 9.17) is 4.74 Å². The summed E-state index contributed by atoms with van der Waals surface area (Å²) >= 11 is 0. The maximum absolute atomic E-state index is 13.3. The smallest absolute Gasteiger partial charge is 0.384 e. The summed E-state index contributed by atoms with van der Waals surface area (Å²) in [6, 6.07) is 4.19. The van der Waals surface area contributed by atoms with Crippen molar-refractivity contribution in [3.8, 4) is 0 Å². The Bertz CT molecular complexity index is 660. The van der Waals surface area contributed by atoms with Crippen LogP contribution in [0.15, 0.2) is 29.2 Å². The minimum atomic E-state index is -4.51. The van der Waals surface area contributed by atoms with E-state index in [1.807, 2.05) is 0 Å². The van der Waals surface area contributed by atoms with Crippen molar-refractivity contribution in [1.82, 2.24) is 14.9 Å². The van der Waals surface area contributed by atoms with E-state index in [1.54, 1.807) is 19.2 Å². The molecule has 26 heavy (non-hydrogen) atoms. The van der Waals surface area contributed by atoms with Crippen LogP contribution in [-0.4, -0.2) is 72.0 Å². The number of nitrogens with one attached hydrogen (secondary N) is 2. The first-order valence-electron chi connectivity index (χ1n) is 8.33. The Morgan fingerprint density at radius 3 is 2.38 bits per heavy atom. The number of methoxy groups -OCH3 is 1. The summed E-state index contributed by atoms with van der Waals surface area (Å²) in [5.41, 5.74) is 0.889. The van der Waals surface area contributed by atoms with E-state index in [2.05, 4.69) is 10.0 Å². The predicted molar refractivity (Wildman–Crippen MR) is 91.5 cm³/mol. The maximum Gasteiger partial charge on any atom is 0.405 e. The third-order valence-electron chi connectivity index (χ3n) is 4.27. The van der Waals surface area contributed by atoms with E-state index in [0.29, 0.717) is 26.1 Å². The molecule has 1 fully saturated rings. The molecule has 1 saturated heterocycles. The third-order valence-corrected chi connectivity index (χ3v) is 5.70. The topological polar surface area (TPSA) is 70.7 Å². The molecule has 0 saturated carbocycles. The Morgan fingerprint density at radius 2 is 1.85 bits per heavy atom. The molecule has 6 nitrogen and oxygen atoms in total. The van der Waals surface area contributed by atoms with Crippen molar-refractivity contribution in [2.24, 2.45) is 0 Å². The fourth-order valence-electron chi connectivity index (χ4n) is 2.77. The van der Waals surface area contributed by atoms with Gasteiger partial charge in [0, 0.05) is 39.8 Å². The predicted octanol–water partition coefficient (Wildman–Crippen LogP) is 0.990. The Balaban J connectivity index is 2.04. The van der Waals surface area contributed by atoms with Crippen LogP contribution in [0.25, 0.3) is 0 Å². The second-order valence-electron chi connectivity index (χ2n) is 6.08. The van der Waals surface area contributed by atoms with Crippen molar-refractivity contribution in [1.29, 1.82) is 0 Å². The van der Waals surface area contributed by atoms with Crippen LogP contribution in [0, 0.1) is 0 Å². The van der Waals surface area contributed by atoms with Gasteiger partial charge in [-0.05, 0) is 24.1 Å². The number of hydrogen-bond acceptors (Lipinski definition) is 5. The molecule has 1 atom stereocenters. The first kappa shape index (κ1) is 21.1. The lowest BCUT2D eigenvalue weighted by atomic mass is 10.2. The van der Waals surface area contributed by atoms with Crippen LogP contribution in [0.3, 0.4) is 0 Å². The molecule has 2 N–H and O–H groups in total. The molecule has 1 aromatic rings. The second-order valence-corrected chi connectivity index (χ2v) is 7.85. The number of ether oxygens (including phenoxy) is 1. The van der Waals surface area contributed by atoms with Crippen LogP contribution in [0.1, 0.15) is 5.56 Å². The van der Waals surface area contributed by atoms with Crippen molar-refractivity contribution < 1.29 is 26.3 Å². The third kappa shape index (κ3) is 5.92. The molecule has 1 heterocycles. The van der Waals surface area contributed by atoms with Gasteiger partial charge >= 0.3 is 6.18 Å². The van der Waals surface area contributed by atoms with E-state index in [0.717, 1.165) is 5.56 Å². The van der Waals surface area contributed by atoms with Gasteiger partial charge in [-0.1, -0.05) is 12.1 Å². The minimum absolute atomic E-state index is 0.0556. The number of rotatable bonds is 8. The molecule has 0 bridgehead atoms. The summed E-state index contributed by atoms with van der Waals surface area (Å²) < 4.78 is 71.8. The van der Waals surface area contributed by atoms with Gasteiger partial charge in [0.25, 0.3) is 0 Å². The van der Waals surface area contributed by atoms with Gasteiger partial charge in [-0.2, -0.15) is 13.2 Å². The average molecular weight is 395 g/mol. The van der Waals surface area contributed by atoms with Gasteiger partial charge in [0.1, 0.15) is 6.04 Å². The highest BCUT2D eigenvalue weighted by Gasteiger charge is 2.44. The molecular formula is C16H24F3N3O3S. The molecule has 1 unspecified atom stereocenters. The maximum atomic E-state index is 13.3. The van der Waals surface area contributed by atoms with Crippen LogP contribution in [0.2, 0.25) is 0 Å². The molecule has 0 spiro atoms. The van der Waals surface area contributed by atoms with Crippen molar-refractivity contribution in [3.05, 3.63) is 29.8 Å². The van der Waals surface area contributed by atoms with Crippen molar-refractivity contribution in [3.63, 3.8) is 0 Å². The van der Waals surface area contributed by atoms with Crippen LogP contribution >= 0.6 is 0 Å². The van der Waals surface area contributed by atoms with Crippen molar-refractivity contribution in [2.75, 3.05) is 46.4 Å². The molecule has 0 aliphatic carbocycles. The van der Waals surface area contributed by atoms with E-state index in [9.17, 15) is 21.6 Å². The Kier molecular flexibility index (Phi) is 7.42. The molecule has 0 amide bonds. The highest BCUT2D eigenvalue weighted by molar-refractivity contribution is 7.89. The highest BCUT2D eigenvalue weighted by atomic mass is 32.2. The second kappa shape index (κ2) is 9.14. The fraction of sp³-hybridized carbons (Fsp3) is 0.625. The first-order chi connectivity index (χ1) is 12.2. The lowest BCUT2D eigenvalue weighted by Gasteiger charge is -2.35. The summed E-state index contributed by atoms with van der Waals surface area (Å²) in [4.78, 5) is 1.20. The van der Waals surface area contributed by atoms with Crippen LogP contribution < -0.4 is 10.0 Å². The molecule has 2 rings (SSSR count). The molecule has 10 heteroatoms. The van der Waals surface area contributed by atoms with Gasteiger partial charge < -0.3 is 10.1 Å². The summed E-state index contributed by atoms with van der Waals surface area (Å²) in [5, 5.41) is 2.98. The van der Waals surface area contributed by atoms with Gasteiger partial charge in [-0.15, -0.1) is 0 Å². The van der Waals surface area contributed by atoms with Gasteiger partial charge in [0.15, 0.2) is 0 Å². The quantitative estimate of drug-likeness (QED) is 0.687. The van der Waals surface area contributed by atoms with Gasteiger partial charge in [0.2, 0.25) is 10.0 Å². The average Bonchev–Trinajstić information content (AvgIpc) is 2.60. The summed E-state index contributed by atoms with van der Waals surface area (Å²) in [6.07, 6.45) is -3.88. The van der Waals surface area contributed by atoms with Crippen molar-refractivity contribution in [2.45, 2.75) is 23.5 Å². The molecule has 1 aliphatic heterocycles. The monoisotopic (exact) mass is 395 g/mol. The molecule has 1 aromatic carbocycles. The van der Waals surface area contributed by atoms with Gasteiger partial charge in [-0.25, -0.2) is 13.1 Å². The number of benzene rings is 1. The van der Waals surface area contributed by atoms with Crippen LogP contribution in [-0.2, 0) is 21.2 Å². The van der Waals surface area contributed by atoms with Gasteiger partial charge in [0.05, 0.1) is 11.5 Å². The SMILES string of the molecule is COCCc1ccc(S(=O)(=O)NCC(N2CCNCC2)C(F)(F)F)cc1. The normalized spacial score (nSPS) is 18.0. The first-order valence-corrected chi connectivity index (χ1v) is 9.81. The van der Waals surface area contributed by atoms with E-state index < -0.39 is 28.8 Å². The lowest BCUT2D eigenvalue weighted by molar-refractivity contribution is -0.182. The summed E-state index contributed by atoms with van der Waals surface area (Å²) in [7, 11) is -2.45. The standard InChI is InChI=1S/C16H24F3N3O3S/c1-25-11-6-13-2-4-14(5-3-13)26(23,24)21-12-15(16(17,18)19)22-9-7-20-8-10-22/h2-5,15,20-21H,6-12H2,1H3. The number of hydrogen-bond donors (Lipinski definition) is 2. The minimum Gasteiger partial charge on any atom is -0.384 e. The zero-order valence-electron chi connectivity index (χ0n) is 14.6. The summed E-state index contributed by atoms with van der Waals surface area (Å²) in [5.74, 6) is 0. The lowest BCUT2D eigenvalue weighted by Crippen LogP contribution is -2.57. The van der Waals surface area contributed by atoms with Crippen LogP contribution in [0.4, 0.5) is 13.2 Å². The molecule has 148 valence electrons. The van der Waals surface area contributed by atoms with Crippen LogP contribution in [0.5, 0.6) is 0 Å². The highest BCUT2D eigenvalue weighted by Crippen LogP contribution is 2.25. The molecule has 0 aromatic heterocycles. The van der Waals surface area contributed by atoms with E-state index in [-0.39, 0.29) is 18.0 Å². The number of halogens is 3. The Hall–Kier alpha value is -1.20. The number of piperazine rings is 1. The Morgan fingerprint density at radius 1 is 1.23 bits per heavy atom. The van der Waals surface area contributed by atoms with Crippen molar-refractivity contribution >= 4 is 10.0 Å². The molecule has 1 aliphatic rings. The van der Waals surface area contributed by atoms with E-state index >= 15 is 0 Å². The Labute approximate surface area is 151 Å². The number of sulfonamides is 1. The summed E-state index contributed by atoms with van der Waals surface area (Å²) in [6.45, 7) is 1.13. The molecule has 0 radical (unpaired) electrons. The number of nitrogens with zero attached hydrogens (tertiary/aromatic N) is 1. The fourth-order valence-corrected chi connectivity index (χ4v) is 3.81. The zero-order valence-corrected chi connectivity index (χ0v) is 15.4. The zero-order chi connectivity index (χ0) is 19.2. The number of alkyl halides is 3. The molecular weight excluding hydrogens is 371 g/mol. The van der Waals surface area contributed by atoms with E-state index in [1.165, 1.54) is 17.0 Å².